The van der Waals surface area contributed by atoms with Crippen molar-refractivity contribution in [2.75, 3.05) is 13.1 Å². The van der Waals surface area contributed by atoms with Crippen molar-refractivity contribution in [2.24, 2.45) is 0 Å². The first kappa shape index (κ1) is 15.5. The van der Waals surface area contributed by atoms with Crippen LogP contribution in [0, 0.1) is 10.1 Å². The summed E-state index contributed by atoms with van der Waals surface area (Å²) < 4.78 is 0. The number of rotatable bonds is 5. The molecule has 1 aromatic heterocycles. The van der Waals surface area contributed by atoms with Crippen LogP contribution < -0.4 is 5.32 Å². The van der Waals surface area contributed by atoms with Gasteiger partial charge in [0.25, 0.3) is 11.6 Å². The third-order valence-corrected chi connectivity index (χ3v) is 3.82. The van der Waals surface area contributed by atoms with Crippen molar-refractivity contribution < 1.29 is 9.72 Å². The standard InChI is InChI=1S/C14H22N4O3/c1-10(2)17(9-11-5-3-4-6-15-11)14(19)13-7-12(8-16-13)18(20)21/h7-8,10-11,15-16H,3-6,9H2,1-2H3. The molecule has 1 fully saturated rings. The van der Waals surface area contributed by atoms with E-state index in [1.807, 2.05) is 13.8 Å². The van der Waals surface area contributed by atoms with E-state index in [9.17, 15) is 14.9 Å². The highest BCUT2D eigenvalue weighted by Gasteiger charge is 2.25. The van der Waals surface area contributed by atoms with Gasteiger partial charge in [-0.3, -0.25) is 14.9 Å². The van der Waals surface area contributed by atoms with Gasteiger partial charge in [0.05, 0.1) is 11.1 Å². The largest absolute Gasteiger partial charge is 0.351 e. The van der Waals surface area contributed by atoms with Gasteiger partial charge >= 0.3 is 0 Å². The summed E-state index contributed by atoms with van der Waals surface area (Å²) in [5.74, 6) is -0.189. The minimum absolute atomic E-state index is 0.0450. The summed E-state index contributed by atoms with van der Waals surface area (Å²) in [7, 11) is 0. The smallest absolute Gasteiger partial charge is 0.287 e. The Morgan fingerprint density at radius 3 is 2.81 bits per heavy atom. The van der Waals surface area contributed by atoms with Gasteiger partial charge in [-0.15, -0.1) is 0 Å². The molecule has 21 heavy (non-hydrogen) atoms. The molecule has 116 valence electrons. The first-order valence-corrected chi connectivity index (χ1v) is 7.36. The SMILES string of the molecule is CC(C)N(CC1CCCCN1)C(=O)c1cc([N+](=O)[O-])c[nH]1. The lowest BCUT2D eigenvalue weighted by Gasteiger charge is -2.33. The van der Waals surface area contributed by atoms with Gasteiger partial charge in [0.1, 0.15) is 5.69 Å². The zero-order valence-corrected chi connectivity index (χ0v) is 12.5. The molecule has 1 atom stereocenters. The Balaban J connectivity index is 2.08. The zero-order valence-electron chi connectivity index (χ0n) is 12.5. The van der Waals surface area contributed by atoms with E-state index in [0.717, 1.165) is 13.0 Å². The van der Waals surface area contributed by atoms with Crippen molar-refractivity contribution in [3.63, 3.8) is 0 Å². The molecule has 2 N–H and O–H groups in total. The van der Waals surface area contributed by atoms with Crippen LogP contribution in [-0.2, 0) is 0 Å². The molecule has 0 aromatic carbocycles. The van der Waals surface area contributed by atoms with Gasteiger partial charge in [-0.2, -0.15) is 0 Å². The lowest BCUT2D eigenvalue weighted by molar-refractivity contribution is -0.384. The van der Waals surface area contributed by atoms with Crippen molar-refractivity contribution >= 4 is 11.6 Å². The normalized spacial score (nSPS) is 18.7. The summed E-state index contributed by atoms with van der Waals surface area (Å²) in [4.78, 5) is 27.2. The average molecular weight is 294 g/mol. The number of carbonyl (C=O) groups excluding carboxylic acids is 1. The second-order valence-electron chi connectivity index (χ2n) is 5.73. The first-order valence-electron chi connectivity index (χ1n) is 7.36. The molecule has 1 aromatic rings. The Morgan fingerprint density at radius 2 is 2.29 bits per heavy atom. The van der Waals surface area contributed by atoms with Crippen molar-refractivity contribution in [2.45, 2.75) is 45.2 Å². The van der Waals surface area contributed by atoms with Gasteiger partial charge in [0, 0.05) is 24.7 Å². The first-order chi connectivity index (χ1) is 9.99. The number of hydrogen-bond acceptors (Lipinski definition) is 4. The van der Waals surface area contributed by atoms with Crippen molar-refractivity contribution in [3.05, 3.63) is 28.1 Å². The lowest BCUT2D eigenvalue weighted by atomic mass is 10.0. The van der Waals surface area contributed by atoms with Crippen LogP contribution in [0.4, 0.5) is 5.69 Å². The van der Waals surface area contributed by atoms with E-state index >= 15 is 0 Å². The Kier molecular flexibility index (Phi) is 4.95. The molecule has 1 unspecified atom stereocenters. The fraction of sp³-hybridized carbons (Fsp3) is 0.643. The average Bonchev–Trinajstić information content (AvgIpc) is 2.95. The molecule has 2 rings (SSSR count). The fourth-order valence-electron chi connectivity index (χ4n) is 2.61. The molecule has 7 heteroatoms. The van der Waals surface area contributed by atoms with Crippen molar-refractivity contribution in [3.8, 4) is 0 Å². The van der Waals surface area contributed by atoms with E-state index in [2.05, 4.69) is 10.3 Å². The van der Waals surface area contributed by atoms with Gasteiger partial charge in [-0.25, -0.2) is 0 Å². The van der Waals surface area contributed by atoms with E-state index in [-0.39, 0.29) is 23.3 Å². The van der Waals surface area contributed by atoms with Crippen LogP contribution in [0.1, 0.15) is 43.6 Å². The molecule has 1 saturated heterocycles. The Morgan fingerprint density at radius 1 is 1.52 bits per heavy atom. The quantitative estimate of drug-likeness (QED) is 0.641. The van der Waals surface area contributed by atoms with Crippen LogP contribution in [0.2, 0.25) is 0 Å². The van der Waals surface area contributed by atoms with E-state index < -0.39 is 4.92 Å². The predicted octanol–water partition coefficient (Wildman–Crippen LogP) is 1.92. The highest BCUT2D eigenvalue weighted by Crippen LogP contribution is 2.17. The highest BCUT2D eigenvalue weighted by molar-refractivity contribution is 5.93. The number of piperidine rings is 1. The molecule has 1 aliphatic rings. The van der Waals surface area contributed by atoms with Crippen LogP contribution in [0.25, 0.3) is 0 Å². The maximum Gasteiger partial charge on any atom is 0.287 e. The van der Waals surface area contributed by atoms with Crippen LogP contribution in [0.15, 0.2) is 12.3 Å². The number of nitro groups is 1. The van der Waals surface area contributed by atoms with Gasteiger partial charge in [0.15, 0.2) is 0 Å². The molecule has 0 saturated carbocycles. The fourth-order valence-corrected chi connectivity index (χ4v) is 2.61. The Bertz CT molecular complexity index is 506. The van der Waals surface area contributed by atoms with Crippen LogP contribution in [0.5, 0.6) is 0 Å². The molecular formula is C14H22N4O3. The van der Waals surface area contributed by atoms with Crippen molar-refractivity contribution in [1.29, 1.82) is 0 Å². The van der Waals surface area contributed by atoms with Crippen LogP contribution in [0.3, 0.4) is 0 Å². The molecule has 0 bridgehead atoms. The number of H-pyrrole nitrogens is 1. The van der Waals surface area contributed by atoms with Gasteiger partial charge in [-0.1, -0.05) is 6.42 Å². The van der Waals surface area contributed by atoms with Crippen molar-refractivity contribution in [1.82, 2.24) is 15.2 Å². The molecule has 0 spiro atoms. The monoisotopic (exact) mass is 294 g/mol. The maximum atomic E-state index is 12.5. The molecule has 7 nitrogen and oxygen atoms in total. The number of nitrogens with zero attached hydrogens (tertiary/aromatic N) is 2. The molecule has 1 amide bonds. The Hall–Kier alpha value is -1.89. The van der Waals surface area contributed by atoms with Gasteiger partial charge in [0.2, 0.25) is 0 Å². The molecule has 1 aliphatic heterocycles. The van der Waals surface area contributed by atoms with Crippen LogP contribution in [-0.4, -0.2) is 45.9 Å². The number of aromatic amines is 1. The number of nitrogens with one attached hydrogen (secondary N) is 2. The Labute approximate surface area is 123 Å². The summed E-state index contributed by atoms with van der Waals surface area (Å²) in [5, 5.41) is 14.1. The third-order valence-electron chi connectivity index (χ3n) is 3.82. The second-order valence-corrected chi connectivity index (χ2v) is 5.73. The third kappa shape index (κ3) is 3.81. The minimum Gasteiger partial charge on any atom is -0.351 e. The summed E-state index contributed by atoms with van der Waals surface area (Å²) in [6.07, 6.45) is 4.66. The zero-order chi connectivity index (χ0) is 15.4. The highest BCUT2D eigenvalue weighted by atomic mass is 16.6. The predicted molar refractivity (Wildman–Crippen MR) is 79.3 cm³/mol. The summed E-state index contributed by atoms with van der Waals surface area (Å²) in [6, 6.07) is 1.64. The topological polar surface area (TPSA) is 91.3 Å². The number of hydrogen-bond donors (Lipinski definition) is 2. The summed E-state index contributed by atoms with van der Waals surface area (Å²) in [5.41, 5.74) is 0.184. The molecule has 0 aliphatic carbocycles. The molecular weight excluding hydrogens is 272 g/mol. The summed E-state index contributed by atoms with van der Waals surface area (Å²) >= 11 is 0. The lowest BCUT2D eigenvalue weighted by Crippen LogP contribution is -2.48. The van der Waals surface area contributed by atoms with E-state index in [1.165, 1.54) is 25.1 Å². The summed E-state index contributed by atoms with van der Waals surface area (Å²) in [6.45, 7) is 5.53. The second kappa shape index (κ2) is 6.71. The number of carbonyl (C=O) groups is 1. The van der Waals surface area contributed by atoms with E-state index in [1.54, 1.807) is 4.90 Å². The molecule has 0 radical (unpaired) electrons. The van der Waals surface area contributed by atoms with E-state index in [0.29, 0.717) is 12.6 Å². The van der Waals surface area contributed by atoms with Crippen LogP contribution >= 0.6 is 0 Å². The molecule has 2 heterocycles. The van der Waals surface area contributed by atoms with Gasteiger partial charge in [-0.05, 0) is 33.2 Å². The number of amides is 1. The van der Waals surface area contributed by atoms with E-state index in [4.69, 9.17) is 0 Å². The maximum absolute atomic E-state index is 12.5. The minimum atomic E-state index is -0.504. The van der Waals surface area contributed by atoms with Gasteiger partial charge < -0.3 is 15.2 Å². The number of aromatic nitrogens is 1.